The fraction of sp³-hybridized carbons (Fsp3) is 0.294. The summed E-state index contributed by atoms with van der Waals surface area (Å²) >= 11 is 1.66. The van der Waals surface area contributed by atoms with E-state index in [1.165, 1.54) is 0 Å². The van der Waals surface area contributed by atoms with Crippen LogP contribution in [0.15, 0.2) is 35.2 Å². The highest BCUT2D eigenvalue weighted by Gasteiger charge is 2.13. The van der Waals surface area contributed by atoms with Crippen LogP contribution in [0.5, 0.6) is 23.0 Å². The number of ether oxygens (including phenoxy) is 4. The number of thioether (sulfide) groups is 1. The molecule has 2 rings (SSSR count). The van der Waals surface area contributed by atoms with Crippen molar-refractivity contribution >= 4 is 17.4 Å². The molecule has 0 saturated carbocycles. The average Bonchev–Trinajstić information content (AvgIpc) is 2.58. The van der Waals surface area contributed by atoms with Crippen molar-refractivity contribution in [3.63, 3.8) is 0 Å². The van der Waals surface area contributed by atoms with Gasteiger partial charge in [-0.25, -0.2) is 0 Å². The van der Waals surface area contributed by atoms with E-state index in [9.17, 15) is 0 Å². The molecule has 23 heavy (non-hydrogen) atoms. The first-order valence-electron chi connectivity index (χ1n) is 6.98. The first kappa shape index (κ1) is 17.1. The van der Waals surface area contributed by atoms with Crippen molar-refractivity contribution in [3.05, 3.63) is 35.9 Å². The van der Waals surface area contributed by atoms with Crippen molar-refractivity contribution < 1.29 is 18.9 Å². The first-order valence-corrected chi connectivity index (χ1v) is 7.96. The van der Waals surface area contributed by atoms with Crippen molar-refractivity contribution in [2.45, 2.75) is 10.6 Å². The van der Waals surface area contributed by atoms with Gasteiger partial charge in [-0.15, -0.1) is 11.8 Å². The Kier molecular flexibility index (Phi) is 5.87. The van der Waals surface area contributed by atoms with Gasteiger partial charge in [0.15, 0.2) is 11.5 Å². The number of nitrogens with two attached hydrogens (primary N) is 1. The summed E-state index contributed by atoms with van der Waals surface area (Å²) in [5.74, 6) is 3.33. The summed E-state index contributed by atoms with van der Waals surface area (Å²) in [5.41, 5.74) is 7.69. The Balaban J connectivity index is 2.18. The second-order valence-electron chi connectivity index (χ2n) is 4.73. The Bertz CT molecular complexity index is 651. The summed E-state index contributed by atoms with van der Waals surface area (Å²) in [4.78, 5) is 1.02. The highest BCUT2D eigenvalue weighted by atomic mass is 32.2. The Labute approximate surface area is 140 Å². The van der Waals surface area contributed by atoms with Crippen LogP contribution in [0.4, 0.5) is 5.69 Å². The summed E-state index contributed by atoms with van der Waals surface area (Å²) in [6.45, 7) is 0. The number of benzene rings is 2. The molecule has 0 fully saturated rings. The largest absolute Gasteiger partial charge is 0.495 e. The van der Waals surface area contributed by atoms with Crippen LogP contribution in [0.25, 0.3) is 0 Å². The Morgan fingerprint density at radius 3 is 1.91 bits per heavy atom. The van der Waals surface area contributed by atoms with E-state index in [4.69, 9.17) is 24.7 Å². The topological polar surface area (TPSA) is 62.9 Å². The summed E-state index contributed by atoms with van der Waals surface area (Å²) in [6.07, 6.45) is 0. The third-order valence-electron chi connectivity index (χ3n) is 3.34. The van der Waals surface area contributed by atoms with Crippen LogP contribution in [0.1, 0.15) is 5.56 Å². The minimum absolute atomic E-state index is 0.591. The number of anilines is 1. The molecule has 0 saturated heterocycles. The van der Waals surface area contributed by atoms with Gasteiger partial charge in [0.05, 0.1) is 34.1 Å². The minimum atomic E-state index is 0.591. The molecule has 0 radical (unpaired) electrons. The lowest BCUT2D eigenvalue weighted by molar-refractivity contribution is 0.323. The van der Waals surface area contributed by atoms with Gasteiger partial charge >= 0.3 is 0 Å². The maximum Gasteiger partial charge on any atom is 0.203 e. The number of rotatable bonds is 7. The number of methoxy groups -OCH3 is 4. The van der Waals surface area contributed by atoms with Crippen molar-refractivity contribution in [2.24, 2.45) is 0 Å². The molecule has 0 atom stereocenters. The van der Waals surface area contributed by atoms with Gasteiger partial charge in [0.1, 0.15) is 5.75 Å². The van der Waals surface area contributed by atoms with Crippen LogP contribution in [0, 0.1) is 0 Å². The molecule has 0 spiro atoms. The van der Waals surface area contributed by atoms with Crippen LogP contribution < -0.4 is 24.7 Å². The van der Waals surface area contributed by atoms with Gasteiger partial charge in [0, 0.05) is 10.6 Å². The predicted octanol–water partition coefficient (Wildman–Crippen LogP) is 3.60. The zero-order valence-corrected chi connectivity index (χ0v) is 14.5. The normalized spacial score (nSPS) is 10.3. The van der Waals surface area contributed by atoms with Gasteiger partial charge in [0.2, 0.25) is 5.75 Å². The quantitative estimate of drug-likeness (QED) is 0.616. The average molecular weight is 335 g/mol. The summed E-state index contributed by atoms with van der Waals surface area (Å²) in [7, 11) is 6.41. The maximum absolute atomic E-state index is 5.94. The molecular weight excluding hydrogens is 314 g/mol. The smallest absolute Gasteiger partial charge is 0.203 e. The lowest BCUT2D eigenvalue weighted by Crippen LogP contribution is -1.96. The van der Waals surface area contributed by atoms with Crippen molar-refractivity contribution in [3.8, 4) is 23.0 Å². The molecule has 6 heteroatoms. The minimum Gasteiger partial charge on any atom is -0.495 e. The maximum atomic E-state index is 5.94. The highest BCUT2D eigenvalue weighted by molar-refractivity contribution is 7.98. The SMILES string of the molecule is COc1ccc(CSc2cc(OC)c(OC)c(OC)c2)cc1N. The standard InChI is InChI=1S/C17H21NO4S/c1-19-14-6-5-11(7-13(14)18)10-23-12-8-15(20-2)17(22-4)16(9-12)21-3/h5-9H,10,18H2,1-4H3. The van der Waals surface area contributed by atoms with Crippen LogP contribution in [0.2, 0.25) is 0 Å². The van der Waals surface area contributed by atoms with Gasteiger partial charge in [0.25, 0.3) is 0 Å². The molecule has 0 bridgehead atoms. The molecule has 0 aliphatic rings. The zero-order valence-electron chi connectivity index (χ0n) is 13.7. The third-order valence-corrected chi connectivity index (χ3v) is 4.38. The third kappa shape index (κ3) is 3.96. The van der Waals surface area contributed by atoms with E-state index in [0.29, 0.717) is 28.7 Å². The van der Waals surface area contributed by atoms with Gasteiger partial charge in [-0.2, -0.15) is 0 Å². The van der Waals surface area contributed by atoms with Crippen molar-refractivity contribution in [1.82, 2.24) is 0 Å². The molecule has 0 heterocycles. The molecule has 0 aliphatic heterocycles. The van der Waals surface area contributed by atoms with Crippen LogP contribution in [-0.2, 0) is 5.75 Å². The number of nitrogen functional groups attached to an aromatic ring is 1. The molecule has 5 nitrogen and oxygen atoms in total. The summed E-state index contributed by atoms with van der Waals surface area (Å²) in [5, 5.41) is 0. The van der Waals surface area contributed by atoms with E-state index in [1.54, 1.807) is 40.2 Å². The lowest BCUT2D eigenvalue weighted by atomic mass is 10.2. The van der Waals surface area contributed by atoms with Gasteiger partial charge in [-0.3, -0.25) is 0 Å². The van der Waals surface area contributed by atoms with E-state index in [0.717, 1.165) is 16.2 Å². The van der Waals surface area contributed by atoms with Crippen LogP contribution in [0.3, 0.4) is 0 Å². The van der Waals surface area contributed by atoms with E-state index in [2.05, 4.69) is 0 Å². The zero-order chi connectivity index (χ0) is 16.8. The van der Waals surface area contributed by atoms with Crippen LogP contribution in [-0.4, -0.2) is 28.4 Å². The Morgan fingerprint density at radius 1 is 0.826 bits per heavy atom. The lowest BCUT2D eigenvalue weighted by Gasteiger charge is -2.14. The van der Waals surface area contributed by atoms with E-state index >= 15 is 0 Å². The van der Waals surface area contributed by atoms with E-state index < -0.39 is 0 Å². The van der Waals surface area contributed by atoms with E-state index in [-0.39, 0.29) is 0 Å². The molecule has 0 amide bonds. The van der Waals surface area contributed by atoms with Gasteiger partial charge < -0.3 is 24.7 Å². The highest BCUT2D eigenvalue weighted by Crippen LogP contribution is 2.41. The molecule has 2 N–H and O–H groups in total. The van der Waals surface area contributed by atoms with Crippen molar-refractivity contribution in [2.75, 3.05) is 34.2 Å². The Morgan fingerprint density at radius 2 is 1.43 bits per heavy atom. The monoisotopic (exact) mass is 335 g/mol. The predicted molar refractivity (Wildman–Crippen MR) is 93.1 cm³/mol. The molecule has 0 aliphatic carbocycles. The molecule has 2 aromatic carbocycles. The van der Waals surface area contributed by atoms with Gasteiger partial charge in [-0.05, 0) is 29.8 Å². The molecule has 0 aromatic heterocycles. The molecule has 0 unspecified atom stereocenters. The summed E-state index contributed by atoms with van der Waals surface area (Å²) in [6, 6.07) is 9.65. The first-order chi connectivity index (χ1) is 11.1. The fourth-order valence-electron chi connectivity index (χ4n) is 2.18. The molecular formula is C17H21NO4S. The number of hydrogen-bond donors (Lipinski definition) is 1. The second-order valence-corrected chi connectivity index (χ2v) is 5.77. The van der Waals surface area contributed by atoms with Gasteiger partial charge in [-0.1, -0.05) is 6.07 Å². The Hall–Kier alpha value is -2.21. The molecule has 124 valence electrons. The molecule has 2 aromatic rings. The fourth-order valence-corrected chi connectivity index (χ4v) is 3.07. The number of hydrogen-bond acceptors (Lipinski definition) is 6. The van der Waals surface area contributed by atoms with Crippen molar-refractivity contribution in [1.29, 1.82) is 0 Å². The van der Waals surface area contributed by atoms with Crippen LogP contribution >= 0.6 is 11.8 Å². The summed E-state index contributed by atoms with van der Waals surface area (Å²) < 4.78 is 21.2. The second kappa shape index (κ2) is 7.87. The van der Waals surface area contributed by atoms with E-state index in [1.807, 2.05) is 30.3 Å².